The van der Waals surface area contributed by atoms with Gasteiger partial charge in [-0.3, -0.25) is 4.79 Å². The molecule has 1 saturated carbocycles. The van der Waals surface area contributed by atoms with Gasteiger partial charge in [0.05, 0.1) is 16.3 Å². The van der Waals surface area contributed by atoms with E-state index in [9.17, 15) is 18.4 Å². The number of carbonyl (C=O) groups is 2. The molecule has 0 bridgehead atoms. The largest absolute Gasteiger partial charge is 0.332 e. The molecule has 1 aliphatic heterocycles. The van der Waals surface area contributed by atoms with Gasteiger partial charge in [-0.05, 0) is 31.0 Å². The Balaban J connectivity index is 2.09. The average Bonchev–Trinajstić information content (AvgIpc) is 2.95. The lowest BCUT2D eigenvalue weighted by atomic mass is 9.95. The predicted molar refractivity (Wildman–Crippen MR) is 83.1 cm³/mol. The number of carbonyl (C=O) groups excluding carboxylic acids is 2. The number of likely N-dealkylation sites (N-methyl/N-ethyl adjacent to an activating group) is 1. The van der Waals surface area contributed by atoms with Gasteiger partial charge < -0.3 is 4.90 Å². The highest BCUT2D eigenvalue weighted by atomic mass is 35.5. The maximum Gasteiger partial charge on any atom is 0.332 e. The predicted octanol–water partition coefficient (Wildman–Crippen LogP) is 3.48. The minimum Gasteiger partial charge on any atom is -0.312 e. The topological polar surface area (TPSA) is 64.4 Å². The molecular formula is C16H14ClF2N3O2. The highest BCUT2D eigenvalue weighted by molar-refractivity contribution is 6.33. The van der Waals surface area contributed by atoms with E-state index in [-0.39, 0.29) is 22.7 Å². The first-order chi connectivity index (χ1) is 11.1. The summed E-state index contributed by atoms with van der Waals surface area (Å²) in [5.74, 6) is -3.64. The lowest BCUT2D eigenvalue weighted by Crippen LogP contribution is -2.46. The minimum absolute atomic E-state index is 0.0827. The summed E-state index contributed by atoms with van der Waals surface area (Å²) in [6.45, 7) is 1.58. The Hall–Kier alpha value is -2.20. The molecule has 0 N–H and O–H groups in total. The van der Waals surface area contributed by atoms with Gasteiger partial charge in [-0.2, -0.15) is 5.26 Å². The number of halogens is 3. The lowest BCUT2D eigenvalue weighted by molar-refractivity contribution is -0.125. The number of rotatable bonds is 1. The first-order valence-electron chi connectivity index (χ1n) is 7.34. The molecule has 8 heteroatoms. The zero-order chi connectivity index (χ0) is 17.9. The molecule has 1 heterocycles. The summed E-state index contributed by atoms with van der Waals surface area (Å²) in [6.07, 6.45) is -1.20. The molecule has 3 rings (SSSR count). The van der Waals surface area contributed by atoms with E-state index in [4.69, 9.17) is 16.9 Å². The SMILES string of the molecule is Cc1c(N2C(=O)N(C)[C@@]3(CCC(F)(F)C3)C2=O)ccc(C#N)c1Cl. The second kappa shape index (κ2) is 5.15. The molecule has 0 unspecified atom stereocenters. The Morgan fingerprint density at radius 3 is 2.50 bits per heavy atom. The number of imide groups is 1. The van der Waals surface area contributed by atoms with E-state index in [1.807, 2.05) is 6.07 Å². The second-order valence-electron chi connectivity index (χ2n) is 6.23. The normalized spacial score (nSPS) is 25.7. The first kappa shape index (κ1) is 16.7. The monoisotopic (exact) mass is 353 g/mol. The smallest absolute Gasteiger partial charge is 0.312 e. The van der Waals surface area contributed by atoms with Crippen LogP contribution in [0.15, 0.2) is 12.1 Å². The molecule has 0 aromatic heterocycles. The van der Waals surface area contributed by atoms with E-state index in [2.05, 4.69) is 0 Å². The molecule has 1 saturated heterocycles. The number of anilines is 1. The summed E-state index contributed by atoms with van der Waals surface area (Å²) in [4.78, 5) is 27.5. The van der Waals surface area contributed by atoms with Crippen LogP contribution in [0.1, 0.15) is 30.4 Å². The Kier molecular flexibility index (Phi) is 3.57. The quantitative estimate of drug-likeness (QED) is 0.726. The van der Waals surface area contributed by atoms with Gasteiger partial charge in [-0.25, -0.2) is 18.5 Å². The summed E-state index contributed by atoms with van der Waals surface area (Å²) in [7, 11) is 1.36. The standard InChI is InChI=1S/C16H14ClF2N3O2/c1-9-11(4-3-10(7-20)12(9)17)22-13(23)15(21(2)14(22)24)5-6-16(18,19)8-15/h3-4H,5-6,8H2,1-2H3/t15-/m1/s1. The third-order valence-electron chi connectivity index (χ3n) is 4.90. The van der Waals surface area contributed by atoms with E-state index in [0.717, 1.165) is 9.80 Å². The van der Waals surface area contributed by atoms with E-state index in [1.54, 1.807) is 6.92 Å². The molecule has 2 fully saturated rings. The second-order valence-corrected chi connectivity index (χ2v) is 6.61. The van der Waals surface area contributed by atoms with Crippen molar-refractivity contribution in [2.45, 2.75) is 37.6 Å². The first-order valence-corrected chi connectivity index (χ1v) is 7.72. The van der Waals surface area contributed by atoms with E-state index in [1.165, 1.54) is 19.2 Å². The van der Waals surface area contributed by atoms with Gasteiger partial charge in [-0.15, -0.1) is 0 Å². The average molecular weight is 354 g/mol. The lowest BCUT2D eigenvalue weighted by Gasteiger charge is -2.27. The van der Waals surface area contributed by atoms with Crippen LogP contribution < -0.4 is 4.90 Å². The van der Waals surface area contributed by atoms with Crippen molar-refractivity contribution in [2.75, 3.05) is 11.9 Å². The number of benzene rings is 1. The zero-order valence-electron chi connectivity index (χ0n) is 13.1. The van der Waals surface area contributed by atoms with Crippen LogP contribution in [0.3, 0.4) is 0 Å². The number of nitrogens with zero attached hydrogens (tertiary/aromatic N) is 3. The molecule has 3 amide bonds. The number of hydrogen-bond donors (Lipinski definition) is 0. The Morgan fingerprint density at radius 2 is 1.96 bits per heavy atom. The van der Waals surface area contributed by atoms with Crippen molar-refractivity contribution in [3.8, 4) is 6.07 Å². The van der Waals surface area contributed by atoms with E-state index in [0.29, 0.717) is 5.56 Å². The van der Waals surface area contributed by atoms with Crippen LogP contribution >= 0.6 is 11.6 Å². The van der Waals surface area contributed by atoms with Crippen LogP contribution in [0.25, 0.3) is 0 Å². The van der Waals surface area contributed by atoms with Crippen molar-refractivity contribution in [3.05, 3.63) is 28.3 Å². The van der Waals surface area contributed by atoms with Crippen molar-refractivity contribution in [1.82, 2.24) is 4.90 Å². The number of alkyl halides is 2. The molecule has 1 aromatic rings. The highest BCUT2D eigenvalue weighted by Crippen LogP contribution is 2.49. The van der Waals surface area contributed by atoms with Gasteiger partial charge in [0.2, 0.25) is 0 Å². The fourth-order valence-corrected chi connectivity index (χ4v) is 3.65. The maximum atomic E-state index is 13.7. The molecule has 1 spiro atoms. The Morgan fingerprint density at radius 1 is 1.29 bits per heavy atom. The van der Waals surface area contributed by atoms with Gasteiger partial charge >= 0.3 is 6.03 Å². The van der Waals surface area contributed by atoms with Crippen LogP contribution in [-0.2, 0) is 4.79 Å². The number of hydrogen-bond acceptors (Lipinski definition) is 3. The van der Waals surface area contributed by atoms with Gasteiger partial charge in [-0.1, -0.05) is 11.6 Å². The Labute approximate surface area is 142 Å². The summed E-state index contributed by atoms with van der Waals surface area (Å²) >= 11 is 6.10. The zero-order valence-corrected chi connectivity index (χ0v) is 13.8. The van der Waals surface area contributed by atoms with Crippen LogP contribution in [-0.4, -0.2) is 35.3 Å². The number of amides is 3. The molecular weight excluding hydrogens is 340 g/mol. The fraction of sp³-hybridized carbons (Fsp3) is 0.438. The van der Waals surface area contributed by atoms with Crippen LogP contribution in [0, 0.1) is 18.3 Å². The van der Waals surface area contributed by atoms with Gasteiger partial charge in [0, 0.05) is 19.9 Å². The van der Waals surface area contributed by atoms with Crippen molar-refractivity contribution < 1.29 is 18.4 Å². The molecule has 1 aromatic carbocycles. The molecule has 24 heavy (non-hydrogen) atoms. The van der Waals surface area contributed by atoms with Crippen molar-refractivity contribution in [3.63, 3.8) is 0 Å². The van der Waals surface area contributed by atoms with Crippen molar-refractivity contribution in [2.24, 2.45) is 0 Å². The minimum atomic E-state index is -2.97. The van der Waals surface area contributed by atoms with Crippen molar-refractivity contribution in [1.29, 1.82) is 5.26 Å². The van der Waals surface area contributed by atoms with Crippen LogP contribution in [0.4, 0.5) is 19.3 Å². The highest BCUT2D eigenvalue weighted by Gasteiger charge is 2.64. The third-order valence-corrected chi connectivity index (χ3v) is 5.38. The maximum absolute atomic E-state index is 13.7. The number of nitriles is 1. The summed E-state index contributed by atoms with van der Waals surface area (Å²) in [6, 6.07) is 4.09. The fourth-order valence-electron chi connectivity index (χ4n) is 3.45. The van der Waals surface area contributed by atoms with E-state index >= 15 is 0 Å². The van der Waals surface area contributed by atoms with Gasteiger partial charge in [0.1, 0.15) is 11.6 Å². The summed E-state index contributed by atoms with van der Waals surface area (Å²) in [5.41, 5.74) is -0.707. The summed E-state index contributed by atoms with van der Waals surface area (Å²) < 4.78 is 27.4. The molecule has 5 nitrogen and oxygen atoms in total. The Bertz CT molecular complexity index is 805. The molecule has 1 atom stereocenters. The van der Waals surface area contributed by atoms with Crippen LogP contribution in [0.2, 0.25) is 5.02 Å². The summed E-state index contributed by atoms with van der Waals surface area (Å²) in [5, 5.41) is 9.13. The number of urea groups is 1. The van der Waals surface area contributed by atoms with Crippen LogP contribution in [0.5, 0.6) is 0 Å². The third kappa shape index (κ3) is 2.09. The molecule has 0 radical (unpaired) electrons. The van der Waals surface area contributed by atoms with Gasteiger partial charge in [0.25, 0.3) is 11.8 Å². The van der Waals surface area contributed by atoms with Crippen molar-refractivity contribution >= 4 is 29.2 Å². The molecule has 1 aliphatic carbocycles. The van der Waals surface area contributed by atoms with E-state index < -0.39 is 36.2 Å². The molecule has 2 aliphatic rings. The van der Waals surface area contributed by atoms with Gasteiger partial charge in [0.15, 0.2) is 0 Å². The molecule has 126 valence electrons.